The van der Waals surface area contributed by atoms with Crippen LogP contribution in [0.15, 0.2) is 18.2 Å². The van der Waals surface area contributed by atoms with E-state index in [0.29, 0.717) is 5.56 Å². The predicted octanol–water partition coefficient (Wildman–Crippen LogP) is 0.999. The number of nitrogens with one attached hydrogen (secondary N) is 1. The number of hydrogen-bond acceptors (Lipinski definition) is 5. The van der Waals surface area contributed by atoms with Crippen molar-refractivity contribution in [3.05, 3.63) is 29.3 Å². The second-order valence-corrected chi connectivity index (χ2v) is 6.79. The van der Waals surface area contributed by atoms with E-state index in [4.69, 9.17) is 5.11 Å². The van der Waals surface area contributed by atoms with Gasteiger partial charge < -0.3 is 25.3 Å². The second kappa shape index (κ2) is 7.96. The average Bonchev–Trinajstić information content (AvgIpc) is 2.62. The molecule has 6 heteroatoms. The standard InChI is InChI=1S/C18H27N3O3/c22-13-15-11-16(1-2-17(15)18(23)24)21-7-3-14(4-8-21)12-20-9-5-19-6-10-20/h1-2,11,14,19,22H,3-10,12-13H2,(H,23,24). The smallest absolute Gasteiger partial charge is 0.336 e. The molecule has 0 atom stereocenters. The van der Waals surface area contributed by atoms with Crippen LogP contribution in [0.4, 0.5) is 5.69 Å². The Bertz CT molecular complexity index is 565. The van der Waals surface area contributed by atoms with Gasteiger partial charge >= 0.3 is 5.97 Å². The van der Waals surface area contributed by atoms with Gasteiger partial charge in [0.15, 0.2) is 0 Å². The first kappa shape index (κ1) is 17.2. The molecule has 0 saturated carbocycles. The molecule has 0 spiro atoms. The number of hydrogen-bond donors (Lipinski definition) is 3. The van der Waals surface area contributed by atoms with Crippen LogP contribution < -0.4 is 10.2 Å². The van der Waals surface area contributed by atoms with Gasteiger partial charge in [-0.3, -0.25) is 0 Å². The van der Waals surface area contributed by atoms with Gasteiger partial charge in [0.25, 0.3) is 0 Å². The lowest BCUT2D eigenvalue weighted by atomic mass is 9.95. The molecule has 0 amide bonds. The molecule has 2 saturated heterocycles. The first-order valence-electron chi connectivity index (χ1n) is 8.82. The molecule has 2 fully saturated rings. The van der Waals surface area contributed by atoms with Crippen molar-refractivity contribution in [2.45, 2.75) is 19.4 Å². The van der Waals surface area contributed by atoms with Gasteiger partial charge in [-0.2, -0.15) is 0 Å². The molecule has 2 aliphatic rings. The summed E-state index contributed by atoms with van der Waals surface area (Å²) in [6.07, 6.45) is 2.33. The number of piperidine rings is 1. The van der Waals surface area contributed by atoms with Gasteiger partial charge in [0.05, 0.1) is 12.2 Å². The summed E-state index contributed by atoms with van der Waals surface area (Å²) >= 11 is 0. The number of nitrogens with zero attached hydrogens (tertiary/aromatic N) is 2. The Morgan fingerprint density at radius 3 is 2.50 bits per heavy atom. The fourth-order valence-corrected chi connectivity index (χ4v) is 3.75. The van der Waals surface area contributed by atoms with E-state index in [9.17, 15) is 9.90 Å². The summed E-state index contributed by atoms with van der Waals surface area (Å²) in [5.41, 5.74) is 1.70. The summed E-state index contributed by atoms with van der Waals surface area (Å²) in [5.74, 6) is -0.240. The molecule has 0 bridgehead atoms. The van der Waals surface area contributed by atoms with E-state index in [1.165, 1.54) is 19.4 Å². The van der Waals surface area contributed by atoms with Crippen molar-refractivity contribution in [2.24, 2.45) is 5.92 Å². The third kappa shape index (κ3) is 4.06. The quantitative estimate of drug-likeness (QED) is 0.746. The molecule has 1 aromatic carbocycles. The molecule has 132 valence electrons. The lowest BCUT2D eigenvalue weighted by Gasteiger charge is -2.37. The highest BCUT2D eigenvalue weighted by atomic mass is 16.4. The van der Waals surface area contributed by atoms with Crippen LogP contribution >= 0.6 is 0 Å². The van der Waals surface area contributed by atoms with E-state index < -0.39 is 5.97 Å². The number of piperazine rings is 1. The molecule has 1 aromatic rings. The molecule has 2 heterocycles. The number of rotatable bonds is 5. The molecular weight excluding hydrogens is 306 g/mol. The van der Waals surface area contributed by atoms with Crippen molar-refractivity contribution in [1.82, 2.24) is 10.2 Å². The Morgan fingerprint density at radius 2 is 1.88 bits per heavy atom. The highest BCUT2D eigenvalue weighted by Crippen LogP contribution is 2.26. The lowest BCUT2D eigenvalue weighted by molar-refractivity contribution is 0.0693. The minimum absolute atomic E-state index is 0.190. The first-order chi connectivity index (χ1) is 11.7. The van der Waals surface area contributed by atoms with Gasteiger partial charge in [-0.1, -0.05) is 0 Å². The van der Waals surface area contributed by atoms with Crippen LogP contribution in [0.3, 0.4) is 0 Å². The maximum absolute atomic E-state index is 11.2. The Balaban J connectivity index is 1.57. The van der Waals surface area contributed by atoms with Crippen LogP contribution in [-0.2, 0) is 6.61 Å². The van der Waals surface area contributed by atoms with Gasteiger partial charge in [-0.05, 0) is 42.5 Å². The van der Waals surface area contributed by atoms with Crippen LogP contribution in [0, 0.1) is 5.92 Å². The number of benzene rings is 1. The highest BCUT2D eigenvalue weighted by molar-refractivity contribution is 5.90. The number of aliphatic hydroxyl groups is 1. The fourth-order valence-electron chi connectivity index (χ4n) is 3.75. The van der Waals surface area contributed by atoms with Crippen molar-refractivity contribution in [1.29, 1.82) is 0 Å². The van der Waals surface area contributed by atoms with Crippen LogP contribution in [0.2, 0.25) is 0 Å². The summed E-state index contributed by atoms with van der Waals surface area (Å²) in [5, 5.41) is 22.0. The van der Waals surface area contributed by atoms with Crippen LogP contribution in [-0.4, -0.2) is 66.9 Å². The maximum Gasteiger partial charge on any atom is 0.336 e. The molecule has 0 radical (unpaired) electrons. The number of carboxylic acid groups (broad SMARTS) is 1. The summed E-state index contributed by atoms with van der Waals surface area (Å²) in [6, 6.07) is 5.29. The second-order valence-electron chi connectivity index (χ2n) is 6.79. The van der Waals surface area contributed by atoms with E-state index in [1.807, 2.05) is 12.1 Å². The summed E-state index contributed by atoms with van der Waals surface area (Å²) < 4.78 is 0. The van der Waals surface area contributed by atoms with Crippen molar-refractivity contribution >= 4 is 11.7 Å². The largest absolute Gasteiger partial charge is 0.478 e. The van der Waals surface area contributed by atoms with Gasteiger partial charge in [0, 0.05) is 51.5 Å². The summed E-state index contributed by atoms with van der Waals surface area (Å²) in [6.45, 7) is 7.43. The Morgan fingerprint density at radius 1 is 1.17 bits per heavy atom. The zero-order valence-electron chi connectivity index (χ0n) is 14.1. The molecule has 0 aliphatic carbocycles. The molecule has 3 N–H and O–H groups in total. The van der Waals surface area contributed by atoms with Crippen molar-refractivity contribution in [2.75, 3.05) is 50.7 Å². The predicted molar refractivity (Wildman–Crippen MR) is 93.6 cm³/mol. The van der Waals surface area contributed by atoms with Gasteiger partial charge in [0.1, 0.15) is 0 Å². The van der Waals surface area contributed by atoms with Gasteiger partial charge in [0.2, 0.25) is 0 Å². The van der Waals surface area contributed by atoms with E-state index >= 15 is 0 Å². The van der Waals surface area contributed by atoms with E-state index in [2.05, 4.69) is 15.1 Å². The first-order valence-corrected chi connectivity index (χ1v) is 8.82. The Labute approximate surface area is 143 Å². The number of aromatic carboxylic acids is 1. The van der Waals surface area contributed by atoms with E-state index in [0.717, 1.165) is 50.9 Å². The molecule has 2 aliphatic heterocycles. The van der Waals surface area contributed by atoms with Gasteiger partial charge in [-0.25, -0.2) is 4.79 Å². The van der Waals surface area contributed by atoms with Crippen molar-refractivity contribution in [3.63, 3.8) is 0 Å². The van der Waals surface area contributed by atoms with Gasteiger partial charge in [-0.15, -0.1) is 0 Å². The topological polar surface area (TPSA) is 76.0 Å². The van der Waals surface area contributed by atoms with Crippen LogP contribution in [0.25, 0.3) is 0 Å². The molecule has 6 nitrogen and oxygen atoms in total. The third-order valence-electron chi connectivity index (χ3n) is 5.20. The van der Waals surface area contributed by atoms with E-state index in [1.54, 1.807) is 6.07 Å². The molecule has 24 heavy (non-hydrogen) atoms. The average molecular weight is 333 g/mol. The van der Waals surface area contributed by atoms with E-state index in [-0.39, 0.29) is 12.2 Å². The monoisotopic (exact) mass is 333 g/mol. The Kier molecular flexibility index (Phi) is 5.71. The van der Waals surface area contributed by atoms with Crippen LogP contribution in [0.1, 0.15) is 28.8 Å². The fraction of sp³-hybridized carbons (Fsp3) is 0.611. The molecular formula is C18H27N3O3. The van der Waals surface area contributed by atoms with Crippen LogP contribution in [0.5, 0.6) is 0 Å². The zero-order chi connectivity index (χ0) is 16.9. The molecule has 0 unspecified atom stereocenters. The number of anilines is 1. The van der Waals surface area contributed by atoms with Crippen molar-refractivity contribution in [3.8, 4) is 0 Å². The van der Waals surface area contributed by atoms with Crippen molar-refractivity contribution < 1.29 is 15.0 Å². The highest BCUT2D eigenvalue weighted by Gasteiger charge is 2.23. The SMILES string of the molecule is O=C(O)c1ccc(N2CCC(CN3CCNCC3)CC2)cc1CO. The summed E-state index contributed by atoms with van der Waals surface area (Å²) in [4.78, 5) is 16.0. The zero-order valence-corrected chi connectivity index (χ0v) is 14.1. The number of aliphatic hydroxyl groups excluding tert-OH is 1. The minimum atomic E-state index is -0.986. The Hall–Kier alpha value is -1.63. The lowest BCUT2D eigenvalue weighted by Crippen LogP contribution is -2.46. The summed E-state index contributed by atoms with van der Waals surface area (Å²) in [7, 11) is 0. The third-order valence-corrected chi connectivity index (χ3v) is 5.20. The normalized spacial score (nSPS) is 20.3. The number of carbonyl (C=O) groups is 1. The molecule has 0 aromatic heterocycles. The maximum atomic E-state index is 11.2. The molecule has 3 rings (SSSR count). The minimum Gasteiger partial charge on any atom is -0.478 e. The number of carboxylic acids is 1.